The molecule has 0 aliphatic rings. The third-order valence-corrected chi connectivity index (χ3v) is 1.85. The molecule has 0 aliphatic carbocycles. The first kappa shape index (κ1) is 9.80. The number of hydrogen-bond acceptors (Lipinski definition) is 2. The molecule has 1 aromatic rings. The molecule has 64 valence electrons. The summed E-state index contributed by atoms with van der Waals surface area (Å²) < 4.78 is 12.7. The summed E-state index contributed by atoms with van der Waals surface area (Å²) in [6, 6.07) is 2.21. The van der Waals surface area contributed by atoms with Crippen LogP contribution in [0, 0.1) is 5.82 Å². The molecule has 1 rings (SSSR count). The highest BCUT2D eigenvalue weighted by molar-refractivity contribution is 6.59. The van der Waals surface area contributed by atoms with Crippen molar-refractivity contribution >= 4 is 35.8 Å². The molecule has 6 heteroatoms. The van der Waals surface area contributed by atoms with Crippen LogP contribution in [0.4, 0.5) is 4.39 Å². The minimum Gasteiger partial charge on any atom is -0.423 e. The summed E-state index contributed by atoms with van der Waals surface area (Å²) in [6.07, 6.45) is 0. The Bertz CT molecular complexity index is 283. The highest BCUT2D eigenvalue weighted by atomic mass is 35.5. The van der Waals surface area contributed by atoms with E-state index in [1.54, 1.807) is 0 Å². The van der Waals surface area contributed by atoms with E-state index >= 15 is 0 Å². The van der Waals surface area contributed by atoms with Gasteiger partial charge in [-0.25, -0.2) is 4.39 Å². The summed E-state index contributed by atoms with van der Waals surface area (Å²) >= 11 is 10.8. The van der Waals surface area contributed by atoms with Gasteiger partial charge in [-0.2, -0.15) is 0 Å². The van der Waals surface area contributed by atoms with Crippen LogP contribution in [-0.2, 0) is 0 Å². The Balaban J connectivity index is 3.21. The number of hydrogen-bond donors (Lipinski definition) is 2. The second-order valence-electron chi connectivity index (χ2n) is 2.17. The van der Waals surface area contributed by atoms with Crippen LogP contribution in [0.2, 0.25) is 10.0 Å². The van der Waals surface area contributed by atoms with Gasteiger partial charge in [-0.1, -0.05) is 23.2 Å². The zero-order valence-electron chi connectivity index (χ0n) is 5.76. The zero-order valence-corrected chi connectivity index (χ0v) is 7.27. The molecule has 0 unspecified atom stereocenters. The van der Waals surface area contributed by atoms with Crippen LogP contribution < -0.4 is 5.46 Å². The van der Waals surface area contributed by atoms with E-state index < -0.39 is 12.9 Å². The van der Waals surface area contributed by atoms with Gasteiger partial charge in [-0.3, -0.25) is 0 Å². The maximum Gasteiger partial charge on any atom is 0.488 e. The number of benzene rings is 1. The first-order chi connectivity index (χ1) is 5.52. The molecule has 1 aromatic carbocycles. The highest BCUT2D eigenvalue weighted by Crippen LogP contribution is 2.20. The van der Waals surface area contributed by atoms with Crippen molar-refractivity contribution in [3.8, 4) is 0 Å². The molecule has 0 atom stereocenters. The van der Waals surface area contributed by atoms with Gasteiger partial charge in [0, 0.05) is 0 Å². The zero-order chi connectivity index (χ0) is 9.30. The van der Waals surface area contributed by atoms with Crippen LogP contribution in [0.5, 0.6) is 0 Å². The van der Waals surface area contributed by atoms with Crippen molar-refractivity contribution in [3.05, 3.63) is 28.0 Å². The Morgan fingerprint density at radius 1 is 1.17 bits per heavy atom. The summed E-state index contributed by atoms with van der Waals surface area (Å²) in [5.41, 5.74) is 0.0615. The molecular weight excluding hydrogens is 205 g/mol. The summed E-state index contributed by atoms with van der Waals surface area (Å²) in [7, 11) is -1.69. The van der Waals surface area contributed by atoms with Crippen molar-refractivity contribution in [1.82, 2.24) is 0 Å². The van der Waals surface area contributed by atoms with Gasteiger partial charge in [0.25, 0.3) is 0 Å². The molecule has 0 radical (unpaired) electrons. The lowest BCUT2D eigenvalue weighted by atomic mass is 9.80. The molecule has 0 fully saturated rings. The van der Waals surface area contributed by atoms with E-state index in [2.05, 4.69) is 0 Å². The minimum atomic E-state index is -1.69. The van der Waals surface area contributed by atoms with Gasteiger partial charge in [-0.05, 0) is 17.6 Å². The van der Waals surface area contributed by atoms with Crippen LogP contribution >= 0.6 is 23.2 Å². The number of halogens is 3. The summed E-state index contributed by atoms with van der Waals surface area (Å²) in [5, 5.41) is 16.9. The fourth-order valence-corrected chi connectivity index (χ4v) is 1.23. The topological polar surface area (TPSA) is 40.5 Å². The maximum atomic E-state index is 12.7. The van der Waals surface area contributed by atoms with Crippen LogP contribution in [0.1, 0.15) is 0 Å². The van der Waals surface area contributed by atoms with E-state index in [1.807, 2.05) is 0 Å². The van der Waals surface area contributed by atoms with E-state index in [4.69, 9.17) is 33.2 Å². The predicted octanol–water partition coefficient (Wildman–Crippen LogP) is 0.812. The standard InChI is InChI=1S/C6H4BCl2FO2/c8-4-1-3(7(11)12)2-5(9)6(4)10/h1-2,11-12H. The van der Waals surface area contributed by atoms with Gasteiger partial charge in [0.2, 0.25) is 0 Å². The van der Waals surface area contributed by atoms with E-state index in [0.717, 1.165) is 12.1 Å². The van der Waals surface area contributed by atoms with E-state index in [0.29, 0.717) is 0 Å². The van der Waals surface area contributed by atoms with Gasteiger partial charge in [0.15, 0.2) is 5.82 Å². The van der Waals surface area contributed by atoms with Gasteiger partial charge >= 0.3 is 7.12 Å². The van der Waals surface area contributed by atoms with E-state index in [-0.39, 0.29) is 15.5 Å². The average Bonchev–Trinajstić information content (AvgIpc) is 1.99. The van der Waals surface area contributed by atoms with Crippen LogP contribution in [0.25, 0.3) is 0 Å². The van der Waals surface area contributed by atoms with Crippen molar-refractivity contribution in [2.75, 3.05) is 0 Å². The fraction of sp³-hybridized carbons (Fsp3) is 0. The van der Waals surface area contributed by atoms with Crippen LogP contribution in [0.15, 0.2) is 12.1 Å². The lowest BCUT2D eigenvalue weighted by molar-refractivity contribution is 0.425. The normalized spacial score (nSPS) is 10.1. The second kappa shape index (κ2) is 3.62. The Morgan fingerprint density at radius 2 is 1.58 bits per heavy atom. The SMILES string of the molecule is OB(O)c1cc(Cl)c(F)c(Cl)c1. The predicted molar refractivity (Wildman–Crippen MR) is 46.2 cm³/mol. The molecule has 0 aliphatic heterocycles. The first-order valence-electron chi connectivity index (χ1n) is 3.03. The number of rotatable bonds is 1. The first-order valence-corrected chi connectivity index (χ1v) is 3.78. The monoisotopic (exact) mass is 208 g/mol. The molecular formula is C6H4BCl2FO2. The molecule has 0 spiro atoms. The molecule has 0 bridgehead atoms. The van der Waals surface area contributed by atoms with Gasteiger partial charge in [-0.15, -0.1) is 0 Å². The Morgan fingerprint density at radius 3 is 1.92 bits per heavy atom. The average molecular weight is 209 g/mol. The van der Waals surface area contributed by atoms with Crippen molar-refractivity contribution in [3.63, 3.8) is 0 Å². The molecule has 0 heterocycles. The molecule has 2 N–H and O–H groups in total. The molecule has 0 aromatic heterocycles. The van der Waals surface area contributed by atoms with Crippen LogP contribution in [0.3, 0.4) is 0 Å². The molecule has 12 heavy (non-hydrogen) atoms. The van der Waals surface area contributed by atoms with E-state index in [1.165, 1.54) is 0 Å². The Kier molecular flexibility index (Phi) is 2.96. The fourth-order valence-electron chi connectivity index (χ4n) is 0.724. The van der Waals surface area contributed by atoms with Crippen molar-refractivity contribution < 1.29 is 14.4 Å². The Hall–Kier alpha value is -0.285. The molecule has 0 amide bonds. The van der Waals surface area contributed by atoms with Gasteiger partial charge < -0.3 is 10.0 Å². The second-order valence-corrected chi connectivity index (χ2v) is 2.99. The largest absolute Gasteiger partial charge is 0.488 e. The molecule has 0 saturated heterocycles. The Labute approximate surface area is 78.7 Å². The van der Waals surface area contributed by atoms with Gasteiger partial charge in [0.1, 0.15) is 0 Å². The maximum absolute atomic E-state index is 12.7. The van der Waals surface area contributed by atoms with Crippen LogP contribution in [-0.4, -0.2) is 17.2 Å². The quantitative estimate of drug-likeness (QED) is 0.530. The molecule has 0 saturated carbocycles. The van der Waals surface area contributed by atoms with Crippen molar-refractivity contribution in [2.45, 2.75) is 0 Å². The lowest BCUT2D eigenvalue weighted by Crippen LogP contribution is -2.29. The van der Waals surface area contributed by atoms with Crippen molar-refractivity contribution in [1.29, 1.82) is 0 Å². The third-order valence-electron chi connectivity index (χ3n) is 1.30. The highest BCUT2D eigenvalue weighted by Gasteiger charge is 2.15. The summed E-state index contributed by atoms with van der Waals surface area (Å²) in [4.78, 5) is 0. The van der Waals surface area contributed by atoms with Gasteiger partial charge in [0.05, 0.1) is 10.0 Å². The summed E-state index contributed by atoms with van der Waals surface area (Å²) in [5.74, 6) is -0.761. The smallest absolute Gasteiger partial charge is 0.423 e. The third kappa shape index (κ3) is 1.90. The van der Waals surface area contributed by atoms with Crippen molar-refractivity contribution in [2.24, 2.45) is 0 Å². The molecule has 2 nitrogen and oxygen atoms in total. The summed E-state index contributed by atoms with van der Waals surface area (Å²) in [6.45, 7) is 0. The van der Waals surface area contributed by atoms with E-state index in [9.17, 15) is 4.39 Å². The lowest BCUT2D eigenvalue weighted by Gasteiger charge is -2.02. The minimum absolute atomic E-state index is 0.0615.